The summed E-state index contributed by atoms with van der Waals surface area (Å²) in [5.41, 5.74) is 2.58. The number of nitrogens with one attached hydrogen (secondary N) is 1. The normalized spacial score (nSPS) is 13.4. The summed E-state index contributed by atoms with van der Waals surface area (Å²) < 4.78 is 10.2. The first-order chi connectivity index (χ1) is 17.8. The van der Waals surface area contributed by atoms with E-state index in [-0.39, 0.29) is 5.92 Å². The Balaban J connectivity index is 2.03. The molecule has 3 aromatic carbocycles. The van der Waals surface area contributed by atoms with Crippen LogP contribution < -0.4 is 15.0 Å². The molecule has 0 aliphatic rings. The third kappa shape index (κ3) is 7.57. The molecular weight excluding hydrogens is 468 g/mol. The highest BCUT2D eigenvalue weighted by Crippen LogP contribution is 2.33. The average Bonchev–Trinajstić information content (AvgIpc) is 2.92. The lowest BCUT2D eigenvalue weighted by Gasteiger charge is -2.37. The summed E-state index contributed by atoms with van der Waals surface area (Å²) >= 11 is 0. The van der Waals surface area contributed by atoms with Gasteiger partial charge in [-0.3, -0.25) is 4.79 Å². The van der Waals surface area contributed by atoms with E-state index in [0.717, 1.165) is 16.8 Å². The van der Waals surface area contributed by atoms with Crippen LogP contribution in [-0.2, 0) is 20.9 Å². The van der Waals surface area contributed by atoms with Crippen LogP contribution in [-0.4, -0.2) is 43.3 Å². The van der Waals surface area contributed by atoms with Crippen molar-refractivity contribution in [3.63, 3.8) is 0 Å². The van der Waals surface area contributed by atoms with Crippen molar-refractivity contribution < 1.29 is 24.2 Å². The van der Waals surface area contributed by atoms with Gasteiger partial charge in [0, 0.05) is 12.2 Å². The summed E-state index contributed by atoms with van der Waals surface area (Å²) in [6, 6.07) is 25.1. The number of nitrogens with zero attached hydrogens (tertiary/aromatic N) is 1. The molecule has 0 unspecified atom stereocenters. The number of amides is 1. The lowest BCUT2D eigenvalue weighted by molar-refractivity contribution is -0.147. The maximum Gasteiger partial charge on any atom is 0.328 e. The number of rotatable bonds is 12. The van der Waals surface area contributed by atoms with Gasteiger partial charge in [-0.2, -0.15) is 0 Å². The standard InChI is InChI=1S/C30H36N2O5/c1-21(2)19-26(30(35)37-4)31-29(34)28(33)27(23-13-9-6-10-14-23)32(20-22-11-7-5-8-12-22)24-15-17-25(36-3)18-16-24/h5-18,21,26-28,33H,19-20H2,1-4H3,(H,31,34)/t26-,27+,28+/m0/s1. The molecule has 0 bridgehead atoms. The van der Waals surface area contributed by atoms with Gasteiger partial charge in [0.2, 0.25) is 0 Å². The molecule has 3 aromatic rings. The zero-order valence-corrected chi connectivity index (χ0v) is 21.8. The Kier molecular flexibility index (Phi) is 10.1. The van der Waals surface area contributed by atoms with Crippen molar-refractivity contribution in [2.24, 2.45) is 5.92 Å². The zero-order valence-electron chi connectivity index (χ0n) is 21.8. The highest BCUT2D eigenvalue weighted by atomic mass is 16.5. The second-order valence-corrected chi connectivity index (χ2v) is 9.33. The van der Waals surface area contributed by atoms with E-state index >= 15 is 0 Å². The molecule has 7 nitrogen and oxygen atoms in total. The number of aliphatic hydroxyl groups excluding tert-OH is 1. The molecule has 2 N–H and O–H groups in total. The van der Waals surface area contributed by atoms with Crippen LogP contribution in [0.1, 0.15) is 37.4 Å². The number of carbonyl (C=O) groups excluding carboxylic acids is 2. The molecule has 0 heterocycles. The smallest absolute Gasteiger partial charge is 0.328 e. The number of aliphatic hydroxyl groups is 1. The highest BCUT2D eigenvalue weighted by molar-refractivity contribution is 5.87. The van der Waals surface area contributed by atoms with E-state index in [4.69, 9.17) is 9.47 Å². The predicted octanol–water partition coefficient (Wildman–Crippen LogP) is 4.51. The summed E-state index contributed by atoms with van der Waals surface area (Å²) in [4.78, 5) is 27.8. The second kappa shape index (κ2) is 13.5. The van der Waals surface area contributed by atoms with Crippen LogP contribution in [0.15, 0.2) is 84.9 Å². The first-order valence-corrected chi connectivity index (χ1v) is 12.4. The Hall–Kier alpha value is -3.84. The minimum Gasteiger partial charge on any atom is -0.497 e. The number of hydrogen-bond acceptors (Lipinski definition) is 6. The first-order valence-electron chi connectivity index (χ1n) is 12.4. The van der Waals surface area contributed by atoms with Crippen molar-refractivity contribution in [1.82, 2.24) is 5.32 Å². The molecule has 0 aliphatic heterocycles. The summed E-state index contributed by atoms with van der Waals surface area (Å²) in [7, 11) is 2.89. The van der Waals surface area contributed by atoms with Gasteiger partial charge in [0.25, 0.3) is 5.91 Å². The fraction of sp³-hybridized carbons (Fsp3) is 0.333. The van der Waals surface area contributed by atoms with Crippen LogP contribution in [0.25, 0.3) is 0 Å². The van der Waals surface area contributed by atoms with Crippen molar-refractivity contribution in [3.8, 4) is 5.75 Å². The number of benzene rings is 3. The molecule has 196 valence electrons. The van der Waals surface area contributed by atoms with Crippen molar-refractivity contribution in [3.05, 3.63) is 96.1 Å². The highest BCUT2D eigenvalue weighted by Gasteiger charge is 2.35. The molecule has 0 aliphatic carbocycles. The molecule has 0 saturated heterocycles. The van der Waals surface area contributed by atoms with Gasteiger partial charge >= 0.3 is 5.97 Å². The first kappa shape index (κ1) is 27.7. The predicted molar refractivity (Wildman–Crippen MR) is 144 cm³/mol. The Morgan fingerprint density at radius 1 is 0.892 bits per heavy atom. The summed E-state index contributed by atoms with van der Waals surface area (Å²) in [6.07, 6.45) is -1.08. The largest absolute Gasteiger partial charge is 0.497 e. The lowest BCUT2D eigenvalue weighted by Crippen LogP contribution is -2.50. The summed E-state index contributed by atoms with van der Waals surface area (Å²) in [5.74, 6) is -0.341. The monoisotopic (exact) mass is 504 g/mol. The number of anilines is 1. The maximum absolute atomic E-state index is 13.4. The van der Waals surface area contributed by atoms with Crippen molar-refractivity contribution in [2.75, 3.05) is 19.1 Å². The molecule has 0 saturated carbocycles. The Morgan fingerprint density at radius 2 is 1.49 bits per heavy atom. The van der Waals surface area contributed by atoms with Gasteiger partial charge in [-0.25, -0.2) is 4.79 Å². The topological polar surface area (TPSA) is 88.1 Å². The van der Waals surface area contributed by atoms with Gasteiger partial charge < -0.3 is 24.8 Å². The van der Waals surface area contributed by atoms with E-state index in [9.17, 15) is 14.7 Å². The van der Waals surface area contributed by atoms with E-state index in [1.165, 1.54) is 7.11 Å². The molecule has 3 rings (SSSR count). The molecule has 1 amide bonds. The molecule has 0 spiro atoms. The SMILES string of the molecule is COC(=O)[C@H](CC(C)C)NC(=O)[C@H](O)[C@@H](c1ccccc1)N(Cc1ccccc1)c1ccc(OC)cc1. The van der Waals surface area contributed by atoms with E-state index in [0.29, 0.717) is 18.7 Å². The van der Waals surface area contributed by atoms with Crippen LogP contribution in [0.2, 0.25) is 0 Å². The zero-order chi connectivity index (χ0) is 26.8. The Labute approximate surface area is 219 Å². The quantitative estimate of drug-likeness (QED) is 0.353. The van der Waals surface area contributed by atoms with Crippen LogP contribution in [0.4, 0.5) is 5.69 Å². The number of carbonyl (C=O) groups is 2. The van der Waals surface area contributed by atoms with E-state index in [1.54, 1.807) is 7.11 Å². The van der Waals surface area contributed by atoms with E-state index < -0.39 is 30.1 Å². The molecule has 0 aromatic heterocycles. The van der Waals surface area contributed by atoms with Gasteiger partial charge in [-0.1, -0.05) is 74.5 Å². The number of esters is 1. The average molecular weight is 505 g/mol. The van der Waals surface area contributed by atoms with Gasteiger partial charge in [0.15, 0.2) is 6.10 Å². The molecule has 37 heavy (non-hydrogen) atoms. The second-order valence-electron chi connectivity index (χ2n) is 9.33. The molecule has 0 radical (unpaired) electrons. The van der Waals surface area contributed by atoms with E-state index in [2.05, 4.69) is 5.32 Å². The lowest BCUT2D eigenvalue weighted by atomic mass is 9.96. The van der Waals surface area contributed by atoms with Crippen molar-refractivity contribution in [2.45, 2.75) is 45.0 Å². The van der Waals surface area contributed by atoms with Crippen molar-refractivity contribution >= 4 is 17.6 Å². The Bertz CT molecular complexity index is 1120. The summed E-state index contributed by atoms with van der Waals surface area (Å²) in [6.45, 7) is 4.34. The third-order valence-corrected chi connectivity index (χ3v) is 6.15. The molecule has 3 atom stereocenters. The van der Waals surface area contributed by atoms with Gasteiger partial charge in [-0.05, 0) is 47.7 Å². The van der Waals surface area contributed by atoms with Crippen LogP contribution in [0.5, 0.6) is 5.75 Å². The molecular formula is C30H36N2O5. The molecule has 7 heteroatoms. The number of methoxy groups -OCH3 is 2. The fourth-order valence-corrected chi connectivity index (χ4v) is 4.32. The minimum absolute atomic E-state index is 0.139. The van der Waals surface area contributed by atoms with E-state index in [1.807, 2.05) is 104 Å². The number of ether oxygens (including phenoxy) is 2. The maximum atomic E-state index is 13.4. The van der Waals surface area contributed by atoms with Gasteiger partial charge in [0.1, 0.15) is 11.8 Å². The third-order valence-electron chi connectivity index (χ3n) is 6.15. The van der Waals surface area contributed by atoms with Crippen LogP contribution in [0, 0.1) is 5.92 Å². The Morgan fingerprint density at radius 3 is 2.03 bits per heavy atom. The molecule has 0 fully saturated rings. The fourth-order valence-electron chi connectivity index (χ4n) is 4.32. The van der Waals surface area contributed by atoms with Gasteiger partial charge in [-0.15, -0.1) is 0 Å². The minimum atomic E-state index is -1.48. The van der Waals surface area contributed by atoms with Gasteiger partial charge in [0.05, 0.1) is 20.3 Å². The summed E-state index contributed by atoms with van der Waals surface area (Å²) in [5, 5.41) is 14.3. The van der Waals surface area contributed by atoms with Crippen LogP contribution in [0.3, 0.4) is 0 Å². The van der Waals surface area contributed by atoms with Crippen LogP contribution >= 0.6 is 0 Å². The van der Waals surface area contributed by atoms with Crippen molar-refractivity contribution in [1.29, 1.82) is 0 Å². The number of hydrogen-bond donors (Lipinski definition) is 2.